The second-order valence-corrected chi connectivity index (χ2v) is 6.35. The number of nitrogens with zero attached hydrogens (tertiary/aromatic N) is 1. The van der Waals surface area contributed by atoms with Crippen LogP contribution in [0.25, 0.3) is 0 Å². The molecule has 3 amide bonds. The van der Waals surface area contributed by atoms with Gasteiger partial charge >= 0.3 is 0 Å². The van der Waals surface area contributed by atoms with E-state index in [1.807, 2.05) is 30.5 Å². The summed E-state index contributed by atoms with van der Waals surface area (Å²) < 4.78 is 0. The van der Waals surface area contributed by atoms with Gasteiger partial charge in [0, 0.05) is 11.9 Å². The van der Waals surface area contributed by atoms with Gasteiger partial charge in [0.15, 0.2) is 0 Å². The summed E-state index contributed by atoms with van der Waals surface area (Å²) in [4.78, 5) is 38.6. The van der Waals surface area contributed by atoms with Crippen LogP contribution in [0, 0.1) is 0 Å². The van der Waals surface area contributed by atoms with Crippen LogP contribution in [0.4, 0.5) is 5.69 Å². The molecule has 2 aromatic carbocycles. The van der Waals surface area contributed by atoms with Crippen molar-refractivity contribution in [2.75, 3.05) is 18.6 Å². The van der Waals surface area contributed by atoms with Gasteiger partial charge < -0.3 is 5.32 Å². The Hall–Kier alpha value is -2.60. The fourth-order valence-electron chi connectivity index (χ4n) is 2.63. The van der Waals surface area contributed by atoms with Crippen LogP contribution in [0.15, 0.2) is 47.4 Å². The van der Waals surface area contributed by atoms with E-state index in [9.17, 15) is 14.4 Å². The Morgan fingerprint density at radius 1 is 1.08 bits per heavy atom. The molecule has 6 heteroatoms. The number of hydrogen-bond acceptors (Lipinski definition) is 4. The van der Waals surface area contributed by atoms with Crippen LogP contribution < -0.4 is 5.32 Å². The Morgan fingerprint density at radius 3 is 2.46 bits per heavy atom. The molecule has 0 bridgehead atoms. The number of nitrogens with one attached hydrogen (secondary N) is 1. The maximum atomic E-state index is 12.3. The molecule has 0 spiro atoms. The normalized spacial score (nSPS) is 13.2. The van der Waals surface area contributed by atoms with Crippen LogP contribution in [0.5, 0.6) is 0 Å². The third-order valence-electron chi connectivity index (χ3n) is 3.92. The second kappa shape index (κ2) is 6.49. The predicted molar refractivity (Wildman–Crippen MR) is 93.4 cm³/mol. The molecule has 0 saturated carbocycles. The maximum absolute atomic E-state index is 12.3. The average Bonchev–Trinajstić information content (AvgIpc) is 2.81. The molecule has 3 rings (SSSR count). The number of carbonyl (C=O) groups is 3. The first-order valence-corrected chi connectivity index (χ1v) is 8.62. The molecule has 0 saturated heterocycles. The zero-order valence-corrected chi connectivity index (χ0v) is 14.1. The van der Waals surface area contributed by atoms with Crippen LogP contribution >= 0.6 is 11.8 Å². The van der Waals surface area contributed by atoms with Gasteiger partial charge in [-0.05, 0) is 36.1 Å². The van der Waals surface area contributed by atoms with Crippen LogP contribution in [-0.2, 0) is 11.2 Å². The van der Waals surface area contributed by atoms with Gasteiger partial charge in [0.2, 0.25) is 5.91 Å². The first kappa shape index (κ1) is 16.3. The molecule has 2 aromatic rings. The highest BCUT2D eigenvalue weighted by molar-refractivity contribution is 7.98. The van der Waals surface area contributed by atoms with Crippen LogP contribution in [0.3, 0.4) is 0 Å². The number of hydrogen-bond donors (Lipinski definition) is 1. The molecule has 0 aliphatic carbocycles. The molecular weight excluding hydrogens is 324 g/mol. The van der Waals surface area contributed by atoms with Crippen molar-refractivity contribution in [1.29, 1.82) is 0 Å². The van der Waals surface area contributed by atoms with E-state index in [1.165, 1.54) is 7.05 Å². The Bertz CT molecular complexity index is 831. The minimum Gasteiger partial charge on any atom is -0.325 e. The lowest BCUT2D eigenvalue weighted by Crippen LogP contribution is -2.24. The van der Waals surface area contributed by atoms with Crippen molar-refractivity contribution in [3.8, 4) is 0 Å². The summed E-state index contributed by atoms with van der Waals surface area (Å²) >= 11 is 1.64. The van der Waals surface area contributed by atoms with Crippen LogP contribution in [-0.4, -0.2) is 35.9 Å². The maximum Gasteiger partial charge on any atom is 0.263 e. The van der Waals surface area contributed by atoms with Gasteiger partial charge in [-0.25, -0.2) is 0 Å². The van der Waals surface area contributed by atoms with Crippen molar-refractivity contribution in [3.63, 3.8) is 0 Å². The van der Waals surface area contributed by atoms with E-state index in [0.29, 0.717) is 11.3 Å². The minimum absolute atomic E-state index is 0.205. The molecule has 0 aromatic heterocycles. The van der Waals surface area contributed by atoms with Gasteiger partial charge in [0.25, 0.3) is 11.8 Å². The van der Waals surface area contributed by atoms with E-state index in [2.05, 4.69) is 5.32 Å². The van der Waals surface area contributed by atoms with Gasteiger partial charge in [-0.1, -0.05) is 18.2 Å². The molecule has 0 atom stereocenters. The zero-order chi connectivity index (χ0) is 17.3. The molecule has 0 radical (unpaired) electrons. The van der Waals surface area contributed by atoms with E-state index in [-0.39, 0.29) is 23.8 Å². The minimum atomic E-state index is -0.393. The average molecular weight is 340 g/mol. The Balaban J connectivity index is 1.78. The zero-order valence-electron chi connectivity index (χ0n) is 13.3. The van der Waals surface area contributed by atoms with Crippen molar-refractivity contribution in [3.05, 3.63) is 59.2 Å². The molecule has 1 aliphatic heterocycles. The highest BCUT2D eigenvalue weighted by atomic mass is 32.2. The summed E-state index contributed by atoms with van der Waals surface area (Å²) in [6.45, 7) is 0. The molecule has 1 aliphatic rings. The topological polar surface area (TPSA) is 66.5 Å². The van der Waals surface area contributed by atoms with E-state index in [4.69, 9.17) is 0 Å². The van der Waals surface area contributed by atoms with E-state index in [0.717, 1.165) is 15.4 Å². The monoisotopic (exact) mass is 340 g/mol. The van der Waals surface area contributed by atoms with Gasteiger partial charge in [0.05, 0.1) is 23.2 Å². The number of imide groups is 1. The van der Waals surface area contributed by atoms with Crippen molar-refractivity contribution in [2.24, 2.45) is 0 Å². The number of rotatable bonds is 4. The third kappa shape index (κ3) is 2.92. The SMILES string of the molecule is CSc1ccc(CC(=O)Nc2cccc3c2C(=O)N(C)C3=O)cc1. The summed E-state index contributed by atoms with van der Waals surface area (Å²) in [7, 11) is 1.43. The highest BCUT2D eigenvalue weighted by Crippen LogP contribution is 2.28. The van der Waals surface area contributed by atoms with Crippen LogP contribution in [0.2, 0.25) is 0 Å². The molecule has 1 heterocycles. The number of fused-ring (bicyclic) bond motifs is 1. The highest BCUT2D eigenvalue weighted by Gasteiger charge is 2.35. The number of anilines is 1. The quantitative estimate of drug-likeness (QED) is 0.686. The third-order valence-corrected chi connectivity index (χ3v) is 4.66. The molecule has 24 heavy (non-hydrogen) atoms. The smallest absolute Gasteiger partial charge is 0.263 e. The summed E-state index contributed by atoms with van der Waals surface area (Å²) in [5.74, 6) is -0.968. The number of benzene rings is 2. The fourth-order valence-corrected chi connectivity index (χ4v) is 3.04. The lowest BCUT2D eigenvalue weighted by Gasteiger charge is -2.09. The standard InChI is InChI=1S/C18H16N2O3S/c1-20-17(22)13-4-3-5-14(16(13)18(20)23)19-15(21)10-11-6-8-12(24-2)9-7-11/h3-9H,10H2,1-2H3,(H,19,21). The molecular formula is C18H16N2O3S. The molecule has 122 valence electrons. The lowest BCUT2D eigenvalue weighted by atomic mass is 10.1. The lowest BCUT2D eigenvalue weighted by molar-refractivity contribution is -0.115. The van der Waals surface area contributed by atoms with E-state index in [1.54, 1.807) is 30.0 Å². The van der Waals surface area contributed by atoms with Gasteiger partial charge in [-0.3, -0.25) is 19.3 Å². The first-order valence-electron chi connectivity index (χ1n) is 7.39. The Morgan fingerprint density at radius 2 is 1.79 bits per heavy atom. The second-order valence-electron chi connectivity index (χ2n) is 5.47. The first-order chi connectivity index (χ1) is 11.5. The fraction of sp³-hybridized carbons (Fsp3) is 0.167. The van der Waals surface area contributed by atoms with Crippen molar-refractivity contribution >= 4 is 35.2 Å². The summed E-state index contributed by atoms with van der Waals surface area (Å²) in [6.07, 6.45) is 2.20. The number of thioether (sulfide) groups is 1. The Kier molecular flexibility index (Phi) is 4.40. The summed E-state index contributed by atoms with van der Waals surface area (Å²) in [5.41, 5.74) is 1.85. The van der Waals surface area contributed by atoms with Crippen molar-refractivity contribution in [2.45, 2.75) is 11.3 Å². The van der Waals surface area contributed by atoms with E-state index < -0.39 is 5.91 Å². The van der Waals surface area contributed by atoms with E-state index >= 15 is 0 Å². The largest absolute Gasteiger partial charge is 0.325 e. The van der Waals surface area contributed by atoms with Gasteiger partial charge in [0.1, 0.15) is 0 Å². The predicted octanol–water partition coefficient (Wildman–Crippen LogP) is 2.82. The Labute approximate surface area is 144 Å². The van der Waals surface area contributed by atoms with Gasteiger partial charge in [-0.2, -0.15) is 0 Å². The molecule has 0 unspecified atom stereocenters. The van der Waals surface area contributed by atoms with Gasteiger partial charge in [-0.15, -0.1) is 11.8 Å². The number of amides is 3. The molecule has 0 fully saturated rings. The van der Waals surface area contributed by atoms with Crippen LogP contribution in [0.1, 0.15) is 26.3 Å². The van der Waals surface area contributed by atoms with Crippen molar-refractivity contribution < 1.29 is 14.4 Å². The van der Waals surface area contributed by atoms with Crippen molar-refractivity contribution in [1.82, 2.24) is 4.90 Å². The summed E-state index contributed by atoms with van der Waals surface area (Å²) in [6, 6.07) is 12.6. The molecule has 5 nitrogen and oxygen atoms in total. The number of carbonyl (C=O) groups excluding carboxylic acids is 3. The molecule has 1 N–H and O–H groups in total. The summed E-state index contributed by atoms with van der Waals surface area (Å²) in [5, 5.41) is 2.75.